The van der Waals surface area contributed by atoms with Crippen LogP contribution in [-0.2, 0) is 16.0 Å². The number of rotatable bonds is 2. The van der Waals surface area contributed by atoms with E-state index in [1.807, 2.05) is 44.2 Å². The predicted octanol–water partition coefficient (Wildman–Crippen LogP) is 3.02. The van der Waals surface area contributed by atoms with Gasteiger partial charge in [-0.15, -0.1) is 0 Å². The summed E-state index contributed by atoms with van der Waals surface area (Å²) in [6, 6.07) is 13.0. The number of nitrogens with one attached hydrogen (secondary N) is 1. The van der Waals surface area contributed by atoms with Gasteiger partial charge in [-0.3, -0.25) is 4.79 Å². The van der Waals surface area contributed by atoms with Gasteiger partial charge in [0.15, 0.2) is 6.10 Å². The molecule has 2 aromatic rings. The van der Waals surface area contributed by atoms with Gasteiger partial charge < -0.3 is 10.1 Å². The molecule has 0 bridgehead atoms. The molecule has 0 aliphatic carbocycles. The Morgan fingerprint density at radius 1 is 1.14 bits per heavy atom. The first-order chi connectivity index (χ1) is 10.5. The molecule has 0 radical (unpaired) electrons. The van der Waals surface area contributed by atoms with Crippen LogP contribution in [0, 0.1) is 13.8 Å². The van der Waals surface area contributed by atoms with E-state index in [1.54, 1.807) is 12.1 Å². The van der Waals surface area contributed by atoms with Crippen LogP contribution >= 0.6 is 0 Å². The van der Waals surface area contributed by atoms with Crippen molar-refractivity contribution in [3.8, 4) is 0 Å². The highest BCUT2D eigenvalue weighted by Gasteiger charge is 2.31. The maximum absolute atomic E-state index is 12.4. The summed E-state index contributed by atoms with van der Waals surface area (Å²) in [6.45, 7) is 3.94. The van der Waals surface area contributed by atoms with Crippen molar-refractivity contribution in [3.05, 3.63) is 64.7 Å². The van der Waals surface area contributed by atoms with Gasteiger partial charge >= 0.3 is 5.97 Å². The van der Waals surface area contributed by atoms with Crippen LogP contribution in [0.25, 0.3) is 0 Å². The third-order valence-electron chi connectivity index (χ3n) is 3.67. The van der Waals surface area contributed by atoms with Gasteiger partial charge in [0.05, 0.1) is 5.56 Å². The fraction of sp³-hybridized carbons (Fsp3) is 0.222. The first kappa shape index (κ1) is 14.3. The highest BCUT2D eigenvalue weighted by atomic mass is 16.5. The van der Waals surface area contributed by atoms with E-state index in [-0.39, 0.29) is 5.91 Å². The average molecular weight is 295 g/mol. The summed E-state index contributed by atoms with van der Waals surface area (Å²) in [5.74, 6) is -0.740. The number of carbonyl (C=O) groups is 2. The van der Waals surface area contributed by atoms with Crippen molar-refractivity contribution in [3.63, 3.8) is 0 Å². The minimum Gasteiger partial charge on any atom is -0.448 e. The molecule has 1 atom stereocenters. The lowest BCUT2D eigenvalue weighted by molar-refractivity contribution is -0.125. The van der Waals surface area contributed by atoms with Gasteiger partial charge in [-0.1, -0.05) is 24.3 Å². The monoisotopic (exact) mass is 295 g/mol. The zero-order valence-electron chi connectivity index (χ0n) is 12.6. The topological polar surface area (TPSA) is 55.4 Å². The van der Waals surface area contributed by atoms with Gasteiger partial charge in [-0.2, -0.15) is 0 Å². The summed E-state index contributed by atoms with van der Waals surface area (Å²) in [5.41, 5.74) is 4.25. The molecule has 0 saturated heterocycles. The van der Waals surface area contributed by atoms with E-state index < -0.39 is 12.1 Å². The van der Waals surface area contributed by atoms with E-state index in [2.05, 4.69) is 5.32 Å². The van der Waals surface area contributed by atoms with Gasteiger partial charge in [0.2, 0.25) is 0 Å². The van der Waals surface area contributed by atoms with Gasteiger partial charge in [0, 0.05) is 12.1 Å². The van der Waals surface area contributed by atoms with Gasteiger partial charge in [-0.05, 0) is 48.7 Å². The van der Waals surface area contributed by atoms with Gasteiger partial charge in [-0.25, -0.2) is 4.79 Å². The summed E-state index contributed by atoms with van der Waals surface area (Å²) in [5, 5.41) is 2.83. The average Bonchev–Trinajstić information content (AvgIpc) is 2.46. The van der Waals surface area contributed by atoms with Gasteiger partial charge in [0.25, 0.3) is 5.91 Å². The Morgan fingerprint density at radius 2 is 1.82 bits per heavy atom. The molecule has 1 aliphatic rings. The maximum atomic E-state index is 12.4. The van der Waals surface area contributed by atoms with Gasteiger partial charge in [0.1, 0.15) is 0 Å². The first-order valence-electron chi connectivity index (χ1n) is 7.21. The quantitative estimate of drug-likeness (QED) is 0.866. The minimum absolute atomic E-state index is 0.298. The van der Waals surface area contributed by atoms with E-state index in [0.29, 0.717) is 12.0 Å². The summed E-state index contributed by atoms with van der Waals surface area (Å²) < 4.78 is 5.26. The first-order valence-corrected chi connectivity index (χ1v) is 7.21. The van der Waals surface area contributed by atoms with Crippen LogP contribution in [0.5, 0.6) is 0 Å². The zero-order chi connectivity index (χ0) is 15.7. The molecule has 22 heavy (non-hydrogen) atoms. The Balaban J connectivity index is 1.78. The van der Waals surface area contributed by atoms with Crippen LogP contribution in [-0.4, -0.2) is 18.0 Å². The fourth-order valence-corrected chi connectivity index (χ4v) is 2.75. The van der Waals surface area contributed by atoms with Crippen molar-refractivity contribution in [2.45, 2.75) is 26.4 Å². The number of esters is 1. The molecule has 0 saturated carbocycles. The molecular formula is C18H17NO3. The van der Waals surface area contributed by atoms with E-state index in [4.69, 9.17) is 4.74 Å². The van der Waals surface area contributed by atoms with E-state index in [1.165, 1.54) is 0 Å². The van der Waals surface area contributed by atoms with Crippen molar-refractivity contribution >= 4 is 17.6 Å². The van der Waals surface area contributed by atoms with Crippen LogP contribution in [0.2, 0.25) is 0 Å². The lowest BCUT2D eigenvalue weighted by Gasteiger charge is -2.23. The van der Waals surface area contributed by atoms with E-state index >= 15 is 0 Å². The molecule has 4 nitrogen and oxygen atoms in total. The second-order valence-electron chi connectivity index (χ2n) is 5.62. The summed E-state index contributed by atoms with van der Waals surface area (Å²) >= 11 is 0. The molecular weight excluding hydrogens is 278 g/mol. The maximum Gasteiger partial charge on any atom is 0.339 e. The Bertz CT molecular complexity index is 731. The normalized spacial score (nSPS) is 16.6. The third-order valence-corrected chi connectivity index (χ3v) is 3.67. The van der Waals surface area contributed by atoms with Crippen LogP contribution in [0.3, 0.4) is 0 Å². The predicted molar refractivity (Wildman–Crippen MR) is 83.9 cm³/mol. The second-order valence-corrected chi connectivity index (χ2v) is 5.62. The van der Waals surface area contributed by atoms with Crippen molar-refractivity contribution < 1.29 is 14.3 Å². The lowest BCUT2D eigenvalue weighted by atomic mass is 9.98. The minimum atomic E-state index is -0.789. The standard InChI is InChI=1S/C18H17NO3/c1-11-7-12(2)9-14(8-11)19-17(20)16-10-13-5-3-4-6-15(13)18(21)22-16/h3-9,16H,10H2,1-2H3,(H,19,20). The summed E-state index contributed by atoms with van der Waals surface area (Å²) in [4.78, 5) is 24.3. The fourth-order valence-electron chi connectivity index (χ4n) is 2.75. The molecule has 4 heteroatoms. The Kier molecular flexibility index (Phi) is 3.67. The highest BCUT2D eigenvalue weighted by Crippen LogP contribution is 2.22. The number of ether oxygens (including phenoxy) is 1. The highest BCUT2D eigenvalue weighted by molar-refractivity contribution is 6.00. The lowest BCUT2D eigenvalue weighted by Crippen LogP contribution is -2.38. The number of amides is 1. The SMILES string of the molecule is Cc1cc(C)cc(NC(=O)C2Cc3ccccc3C(=O)O2)c1. The number of hydrogen-bond donors (Lipinski definition) is 1. The zero-order valence-corrected chi connectivity index (χ0v) is 12.6. The molecule has 0 spiro atoms. The van der Waals surface area contributed by atoms with E-state index in [0.717, 1.165) is 22.4 Å². The molecule has 1 aliphatic heterocycles. The molecule has 3 rings (SSSR count). The van der Waals surface area contributed by atoms with Crippen molar-refractivity contribution in [2.24, 2.45) is 0 Å². The molecule has 1 unspecified atom stereocenters. The number of hydrogen-bond acceptors (Lipinski definition) is 3. The number of carbonyl (C=O) groups excluding carboxylic acids is 2. The van der Waals surface area contributed by atoms with Crippen molar-refractivity contribution in [1.82, 2.24) is 0 Å². The number of cyclic esters (lactones) is 1. The van der Waals surface area contributed by atoms with Crippen LogP contribution in [0.1, 0.15) is 27.0 Å². The summed E-state index contributed by atoms with van der Waals surface area (Å²) in [7, 11) is 0. The molecule has 112 valence electrons. The largest absolute Gasteiger partial charge is 0.448 e. The molecule has 1 heterocycles. The van der Waals surface area contributed by atoms with Crippen LogP contribution in [0.4, 0.5) is 5.69 Å². The number of fused-ring (bicyclic) bond motifs is 1. The van der Waals surface area contributed by atoms with Crippen molar-refractivity contribution in [1.29, 1.82) is 0 Å². The van der Waals surface area contributed by atoms with Crippen molar-refractivity contribution in [2.75, 3.05) is 5.32 Å². The molecule has 2 aromatic carbocycles. The molecule has 1 N–H and O–H groups in total. The van der Waals surface area contributed by atoms with E-state index in [9.17, 15) is 9.59 Å². The number of benzene rings is 2. The number of aryl methyl sites for hydroxylation is 2. The summed E-state index contributed by atoms with van der Waals surface area (Å²) in [6.07, 6.45) is -0.387. The Morgan fingerprint density at radius 3 is 2.55 bits per heavy atom. The smallest absolute Gasteiger partial charge is 0.339 e. The van der Waals surface area contributed by atoms with Crippen LogP contribution < -0.4 is 5.32 Å². The number of anilines is 1. The Hall–Kier alpha value is -2.62. The second kappa shape index (κ2) is 5.64. The molecule has 1 amide bonds. The third kappa shape index (κ3) is 2.86. The van der Waals surface area contributed by atoms with Crippen LogP contribution in [0.15, 0.2) is 42.5 Å². The molecule has 0 fully saturated rings. The Labute approximate surface area is 129 Å². The molecule has 0 aromatic heterocycles.